The highest BCUT2D eigenvalue weighted by atomic mass is 79.9. The molecule has 1 saturated heterocycles. The van der Waals surface area contributed by atoms with Gasteiger partial charge < -0.3 is 15.7 Å². The normalized spacial score (nSPS) is 18.2. The van der Waals surface area contributed by atoms with Crippen LogP contribution in [0.5, 0.6) is 5.75 Å². The van der Waals surface area contributed by atoms with Gasteiger partial charge in [0.2, 0.25) is 5.91 Å². The standard InChI is InChI=1S/C12H15BrN2O2.ClH/c1-7-5-8(13)11(16)10(6-7)15-12(17)9-3-2-4-14-9;/h5-6,9,14,16H,2-4H2,1H3,(H,15,17);1H. The van der Waals surface area contributed by atoms with Crippen LogP contribution in [0.15, 0.2) is 16.6 Å². The summed E-state index contributed by atoms with van der Waals surface area (Å²) in [4.78, 5) is 11.9. The molecular formula is C12H16BrClN2O2. The Morgan fingerprint density at radius 2 is 2.28 bits per heavy atom. The monoisotopic (exact) mass is 334 g/mol. The predicted octanol–water partition coefficient (Wildman–Crippen LogP) is 2.58. The summed E-state index contributed by atoms with van der Waals surface area (Å²) in [6, 6.07) is 3.42. The molecule has 18 heavy (non-hydrogen) atoms. The van der Waals surface area contributed by atoms with Gasteiger partial charge in [0.15, 0.2) is 5.75 Å². The summed E-state index contributed by atoms with van der Waals surface area (Å²) in [6.45, 7) is 2.79. The second kappa shape index (κ2) is 6.41. The second-order valence-electron chi connectivity index (χ2n) is 4.28. The molecule has 2 rings (SSSR count). The Hall–Kier alpha value is -0.780. The highest BCUT2D eigenvalue weighted by Crippen LogP contribution is 2.33. The van der Waals surface area contributed by atoms with Gasteiger partial charge in [-0.1, -0.05) is 0 Å². The van der Waals surface area contributed by atoms with Crippen LogP contribution in [0.4, 0.5) is 5.69 Å². The molecule has 0 saturated carbocycles. The second-order valence-corrected chi connectivity index (χ2v) is 5.14. The molecule has 1 fully saturated rings. The third-order valence-electron chi connectivity index (χ3n) is 2.84. The first-order valence-electron chi connectivity index (χ1n) is 5.61. The summed E-state index contributed by atoms with van der Waals surface area (Å²) in [6.07, 6.45) is 1.86. The number of carbonyl (C=O) groups excluding carboxylic acids is 1. The van der Waals surface area contributed by atoms with E-state index in [-0.39, 0.29) is 30.1 Å². The Labute approximate surface area is 121 Å². The largest absolute Gasteiger partial charge is 0.505 e. The van der Waals surface area contributed by atoms with Gasteiger partial charge in [-0.2, -0.15) is 0 Å². The summed E-state index contributed by atoms with van der Waals surface area (Å²) < 4.78 is 0.590. The number of amides is 1. The lowest BCUT2D eigenvalue weighted by atomic mass is 10.2. The van der Waals surface area contributed by atoms with Crippen molar-refractivity contribution in [1.29, 1.82) is 0 Å². The third kappa shape index (κ3) is 3.37. The Bertz CT molecular complexity index is 448. The van der Waals surface area contributed by atoms with E-state index >= 15 is 0 Å². The van der Waals surface area contributed by atoms with Gasteiger partial charge >= 0.3 is 0 Å². The van der Waals surface area contributed by atoms with Crippen molar-refractivity contribution in [2.24, 2.45) is 0 Å². The van der Waals surface area contributed by atoms with E-state index in [9.17, 15) is 9.90 Å². The number of aromatic hydroxyl groups is 1. The van der Waals surface area contributed by atoms with Gasteiger partial charge in [-0.15, -0.1) is 12.4 Å². The number of anilines is 1. The van der Waals surface area contributed by atoms with E-state index < -0.39 is 0 Å². The molecule has 1 amide bonds. The molecule has 1 heterocycles. The van der Waals surface area contributed by atoms with Gasteiger partial charge in [-0.3, -0.25) is 4.79 Å². The minimum atomic E-state index is -0.145. The van der Waals surface area contributed by atoms with Crippen LogP contribution in [0.3, 0.4) is 0 Å². The maximum absolute atomic E-state index is 11.9. The average Bonchev–Trinajstić information content (AvgIpc) is 2.78. The van der Waals surface area contributed by atoms with Crippen molar-refractivity contribution in [3.05, 3.63) is 22.2 Å². The number of aryl methyl sites for hydroxylation is 1. The molecule has 1 aliphatic rings. The lowest BCUT2D eigenvalue weighted by molar-refractivity contribution is -0.117. The van der Waals surface area contributed by atoms with Gasteiger partial charge in [0.05, 0.1) is 16.2 Å². The highest BCUT2D eigenvalue weighted by molar-refractivity contribution is 9.10. The van der Waals surface area contributed by atoms with Crippen molar-refractivity contribution in [3.8, 4) is 5.75 Å². The fourth-order valence-corrected chi connectivity index (χ4v) is 2.53. The number of hydrogen-bond donors (Lipinski definition) is 3. The molecule has 0 aromatic heterocycles. The summed E-state index contributed by atoms with van der Waals surface area (Å²) >= 11 is 3.25. The van der Waals surface area contributed by atoms with Crippen molar-refractivity contribution in [2.45, 2.75) is 25.8 Å². The smallest absolute Gasteiger partial charge is 0.241 e. The molecule has 100 valence electrons. The zero-order valence-electron chi connectivity index (χ0n) is 10.00. The van der Waals surface area contributed by atoms with Gasteiger partial charge in [-0.25, -0.2) is 0 Å². The van der Waals surface area contributed by atoms with Gasteiger partial charge in [0.25, 0.3) is 0 Å². The van der Waals surface area contributed by atoms with Crippen LogP contribution < -0.4 is 10.6 Å². The van der Waals surface area contributed by atoms with Gasteiger partial charge in [-0.05, 0) is 59.9 Å². The van der Waals surface area contributed by atoms with Crippen molar-refractivity contribution in [3.63, 3.8) is 0 Å². The van der Waals surface area contributed by atoms with Crippen molar-refractivity contribution in [2.75, 3.05) is 11.9 Å². The van der Waals surface area contributed by atoms with E-state index in [1.54, 1.807) is 12.1 Å². The lowest BCUT2D eigenvalue weighted by Gasteiger charge is -2.13. The number of carbonyl (C=O) groups is 1. The lowest BCUT2D eigenvalue weighted by Crippen LogP contribution is -2.35. The summed E-state index contributed by atoms with van der Waals surface area (Å²) in [5, 5.41) is 15.7. The highest BCUT2D eigenvalue weighted by Gasteiger charge is 2.22. The van der Waals surface area contributed by atoms with Crippen molar-refractivity contribution >= 4 is 39.9 Å². The number of phenols is 1. The molecule has 1 unspecified atom stereocenters. The van der Waals surface area contributed by atoms with Gasteiger partial charge in [0.1, 0.15) is 0 Å². The first-order valence-corrected chi connectivity index (χ1v) is 6.40. The van der Waals surface area contributed by atoms with E-state index in [4.69, 9.17) is 0 Å². The van der Waals surface area contributed by atoms with E-state index in [1.165, 1.54) is 0 Å². The Balaban J connectivity index is 0.00000162. The van der Waals surface area contributed by atoms with E-state index in [2.05, 4.69) is 26.6 Å². The van der Waals surface area contributed by atoms with E-state index in [0.717, 1.165) is 24.9 Å². The van der Waals surface area contributed by atoms with Crippen LogP contribution in [0.2, 0.25) is 0 Å². The average molecular weight is 336 g/mol. The molecule has 1 aromatic carbocycles. The molecule has 6 heteroatoms. The maximum atomic E-state index is 11.9. The molecule has 3 N–H and O–H groups in total. The number of hydrogen-bond acceptors (Lipinski definition) is 3. The zero-order valence-corrected chi connectivity index (χ0v) is 12.4. The number of phenolic OH excluding ortho intramolecular Hbond substituents is 1. The SMILES string of the molecule is Cc1cc(Br)c(O)c(NC(=O)C2CCCN2)c1.Cl. The summed E-state index contributed by atoms with van der Waals surface area (Å²) in [5.41, 5.74) is 1.43. The molecule has 1 atom stereocenters. The van der Waals surface area contributed by atoms with E-state index in [0.29, 0.717) is 10.2 Å². The number of halogens is 2. The Kier molecular flexibility index (Phi) is 5.44. The van der Waals surface area contributed by atoms with Crippen molar-refractivity contribution < 1.29 is 9.90 Å². The third-order valence-corrected chi connectivity index (χ3v) is 3.45. The molecule has 1 aliphatic heterocycles. The molecule has 0 aliphatic carbocycles. The number of nitrogens with one attached hydrogen (secondary N) is 2. The molecule has 4 nitrogen and oxygen atoms in total. The Morgan fingerprint density at radius 1 is 1.56 bits per heavy atom. The summed E-state index contributed by atoms with van der Waals surface area (Å²) in [5.74, 6) is -0.0164. The van der Waals surface area contributed by atoms with Crippen LogP contribution in [0, 0.1) is 6.92 Å². The number of benzene rings is 1. The fourth-order valence-electron chi connectivity index (χ4n) is 1.96. The predicted molar refractivity (Wildman–Crippen MR) is 77.4 cm³/mol. The number of rotatable bonds is 2. The maximum Gasteiger partial charge on any atom is 0.241 e. The minimum absolute atomic E-state index is 0. The molecule has 1 aromatic rings. The molecule has 0 bridgehead atoms. The first-order chi connectivity index (χ1) is 8.08. The van der Waals surface area contributed by atoms with E-state index in [1.807, 2.05) is 6.92 Å². The fraction of sp³-hybridized carbons (Fsp3) is 0.417. The van der Waals surface area contributed by atoms with Crippen LogP contribution in [0.1, 0.15) is 18.4 Å². The zero-order chi connectivity index (χ0) is 12.4. The first kappa shape index (κ1) is 15.3. The minimum Gasteiger partial charge on any atom is -0.505 e. The molecule has 0 spiro atoms. The molecule has 0 radical (unpaired) electrons. The quantitative estimate of drug-likeness (QED) is 0.728. The van der Waals surface area contributed by atoms with Crippen LogP contribution >= 0.6 is 28.3 Å². The van der Waals surface area contributed by atoms with Crippen LogP contribution in [0.25, 0.3) is 0 Å². The topological polar surface area (TPSA) is 61.4 Å². The van der Waals surface area contributed by atoms with Gasteiger partial charge in [0, 0.05) is 0 Å². The Morgan fingerprint density at radius 3 is 2.89 bits per heavy atom. The molecular weight excluding hydrogens is 320 g/mol. The van der Waals surface area contributed by atoms with Crippen LogP contribution in [-0.4, -0.2) is 23.6 Å². The van der Waals surface area contributed by atoms with Crippen molar-refractivity contribution in [1.82, 2.24) is 5.32 Å². The van der Waals surface area contributed by atoms with Crippen LogP contribution in [-0.2, 0) is 4.79 Å². The summed E-state index contributed by atoms with van der Waals surface area (Å²) in [7, 11) is 0.